The molecule has 0 aliphatic rings. The molecule has 1 aromatic heterocycles. The zero-order chi connectivity index (χ0) is 13.7. The number of hydrogen-bond donors (Lipinski definition) is 1. The van der Waals surface area contributed by atoms with Gasteiger partial charge in [-0.05, 0) is 17.5 Å². The number of nitrogens with two attached hydrogens (primary N) is 1. The first-order valence-corrected chi connectivity index (χ1v) is 6.53. The Morgan fingerprint density at radius 2 is 1.89 bits per heavy atom. The van der Waals surface area contributed by atoms with E-state index in [4.69, 9.17) is 5.73 Å². The first kappa shape index (κ1) is 13.5. The molecule has 19 heavy (non-hydrogen) atoms. The zero-order valence-electron chi connectivity index (χ0n) is 11.5. The van der Waals surface area contributed by atoms with Crippen molar-refractivity contribution < 1.29 is 0 Å². The second kappa shape index (κ2) is 6.29. The molecule has 0 aliphatic heterocycles. The molecule has 2 N–H and O–H groups in total. The average Bonchev–Trinajstić information content (AvgIpc) is 2.47. The third-order valence-electron chi connectivity index (χ3n) is 3.21. The summed E-state index contributed by atoms with van der Waals surface area (Å²) in [6, 6.07) is 10.3. The van der Waals surface area contributed by atoms with E-state index in [1.807, 2.05) is 25.2 Å². The highest BCUT2D eigenvalue weighted by Crippen LogP contribution is 2.15. The highest BCUT2D eigenvalue weighted by molar-refractivity contribution is 5.40. The molecule has 0 saturated heterocycles. The van der Waals surface area contributed by atoms with E-state index in [9.17, 15) is 0 Å². The highest BCUT2D eigenvalue weighted by atomic mass is 15.2. The van der Waals surface area contributed by atoms with Crippen molar-refractivity contribution in [1.29, 1.82) is 0 Å². The van der Waals surface area contributed by atoms with Crippen LogP contribution in [-0.2, 0) is 19.5 Å². The number of aromatic nitrogens is 2. The third-order valence-corrected chi connectivity index (χ3v) is 3.21. The highest BCUT2D eigenvalue weighted by Gasteiger charge is 2.07. The summed E-state index contributed by atoms with van der Waals surface area (Å²) in [6.07, 6.45) is 2.54. The molecule has 100 valence electrons. The molecule has 0 spiro atoms. The molecule has 1 heterocycles. The van der Waals surface area contributed by atoms with Gasteiger partial charge in [-0.15, -0.1) is 0 Å². The Morgan fingerprint density at radius 3 is 2.58 bits per heavy atom. The van der Waals surface area contributed by atoms with Crippen LogP contribution in [0.2, 0.25) is 0 Å². The van der Waals surface area contributed by atoms with Crippen molar-refractivity contribution in [3.05, 3.63) is 53.5 Å². The molecule has 2 aromatic rings. The van der Waals surface area contributed by atoms with Gasteiger partial charge in [0.15, 0.2) is 0 Å². The van der Waals surface area contributed by atoms with Crippen LogP contribution in [0.4, 0.5) is 5.82 Å². The van der Waals surface area contributed by atoms with E-state index in [1.165, 1.54) is 11.1 Å². The fraction of sp³-hybridized carbons (Fsp3) is 0.333. The van der Waals surface area contributed by atoms with Gasteiger partial charge in [-0.25, -0.2) is 9.97 Å². The second-order valence-electron chi connectivity index (χ2n) is 4.55. The minimum Gasteiger partial charge on any atom is -0.355 e. The van der Waals surface area contributed by atoms with Crippen molar-refractivity contribution in [2.45, 2.75) is 26.4 Å². The Balaban J connectivity index is 2.18. The number of benzene rings is 1. The van der Waals surface area contributed by atoms with E-state index in [1.54, 1.807) is 6.33 Å². The second-order valence-corrected chi connectivity index (χ2v) is 4.55. The van der Waals surface area contributed by atoms with E-state index in [2.05, 4.69) is 33.9 Å². The Morgan fingerprint density at radius 1 is 1.16 bits per heavy atom. The van der Waals surface area contributed by atoms with Crippen molar-refractivity contribution in [3.63, 3.8) is 0 Å². The lowest BCUT2D eigenvalue weighted by molar-refractivity contribution is 0.862. The molecule has 1 aromatic carbocycles. The summed E-state index contributed by atoms with van der Waals surface area (Å²) in [5.41, 5.74) is 9.25. The van der Waals surface area contributed by atoms with Crippen LogP contribution in [0.3, 0.4) is 0 Å². The molecule has 0 bridgehead atoms. The predicted octanol–water partition coefficient (Wildman–Crippen LogP) is 2.13. The van der Waals surface area contributed by atoms with Crippen LogP contribution in [0.5, 0.6) is 0 Å². The monoisotopic (exact) mass is 256 g/mol. The van der Waals surface area contributed by atoms with Crippen LogP contribution >= 0.6 is 0 Å². The molecule has 0 saturated carbocycles. The number of nitrogens with zero attached hydrogens (tertiary/aromatic N) is 3. The fourth-order valence-corrected chi connectivity index (χ4v) is 2.04. The molecular weight excluding hydrogens is 236 g/mol. The first-order chi connectivity index (χ1) is 9.24. The van der Waals surface area contributed by atoms with Crippen molar-refractivity contribution in [2.24, 2.45) is 5.73 Å². The minimum atomic E-state index is 0.563. The SMILES string of the molecule is CCc1cc(N(C)Cc2ccccc2CN)ncn1. The van der Waals surface area contributed by atoms with E-state index >= 15 is 0 Å². The van der Waals surface area contributed by atoms with Crippen LogP contribution in [-0.4, -0.2) is 17.0 Å². The topological polar surface area (TPSA) is 55.0 Å². The Labute approximate surface area is 114 Å². The van der Waals surface area contributed by atoms with Crippen LogP contribution < -0.4 is 10.6 Å². The maximum Gasteiger partial charge on any atom is 0.132 e. The van der Waals surface area contributed by atoms with Crippen LogP contribution in [0.15, 0.2) is 36.7 Å². The summed E-state index contributed by atoms with van der Waals surface area (Å²) >= 11 is 0. The van der Waals surface area contributed by atoms with E-state index in [0.717, 1.165) is 24.5 Å². The van der Waals surface area contributed by atoms with E-state index in [0.29, 0.717) is 6.54 Å². The van der Waals surface area contributed by atoms with Crippen molar-refractivity contribution in [1.82, 2.24) is 9.97 Å². The van der Waals surface area contributed by atoms with Gasteiger partial charge in [0, 0.05) is 31.9 Å². The fourth-order valence-electron chi connectivity index (χ4n) is 2.04. The van der Waals surface area contributed by atoms with Crippen LogP contribution in [0.25, 0.3) is 0 Å². The number of hydrogen-bond acceptors (Lipinski definition) is 4. The summed E-state index contributed by atoms with van der Waals surface area (Å²) in [5, 5.41) is 0. The number of rotatable bonds is 5. The van der Waals surface area contributed by atoms with Crippen molar-refractivity contribution in [2.75, 3.05) is 11.9 Å². The zero-order valence-corrected chi connectivity index (χ0v) is 11.5. The van der Waals surface area contributed by atoms with Gasteiger partial charge in [-0.2, -0.15) is 0 Å². The van der Waals surface area contributed by atoms with Gasteiger partial charge in [-0.1, -0.05) is 31.2 Å². The van der Waals surface area contributed by atoms with E-state index < -0.39 is 0 Å². The molecule has 4 nitrogen and oxygen atoms in total. The first-order valence-electron chi connectivity index (χ1n) is 6.53. The lowest BCUT2D eigenvalue weighted by Crippen LogP contribution is -2.19. The van der Waals surface area contributed by atoms with Gasteiger partial charge in [-0.3, -0.25) is 0 Å². The Hall–Kier alpha value is -1.94. The summed E-state index contributed by atoms with van der Waals surface area (Å²) < 4.78 is 0. The molecular formula is C15H20N4. The van der Waals surface area contributed by atoms with Gasteiger partial charge < -0.3 is 10.6 Å². The molecule has 0 radical (unpaired) electrons. The van der Waals surface area contributed by atoms with Gasteiger partial charge in [0.1, 0.15) is 12.1 Å². The number of aryl methyl sites for hydroxylation is 1. The van der Waals surface area contributed by atoms with Gasteiger partial charge >= 0.3 is 0 Å². The van der Waals surface area contributed by atoms with Gasteiger partial charge in [0.05, 0.1) is 0 Å². The van der Waals surface area contributed by atoms with Gasteiger partial charge in [0.25, 0.3) is 0 Å². The predicted molar refractivity (Wildman–Crippen MR) is 77.9 cm³/mol. The lowest BCUT2D eigenvalue weighted by Gasteiger charge is -2.20. The normalized spacial score (nSPS) is 10.5. The molecule has 0 unspecified atom stereocenters. The largest absolute Gasteiger partial charge is 0.355 e. The molecule has 2 rings (SSSR count). The summed E-state index contributed by atoms with van der Waals surface area (Å²) in [5.74, 6) is 0.943. The maximum atomic E-state index is 5.77. The smallest absolute Gasteiger partial charge is 0.132 e. The minimum absolute atomic E-state index is 0.563. The van der Waals surface area contributed by atoms with Crippen molar-refractivity contribution >= 4 is 5.82 Å². The third kappa shape index (κ3) is 3.29. The molecule has 4 heteroatoms. The Bertz CT molecular complexity index is 539. The standard InChI is InChI=1S/C15H20N4/c1-3-14-8-15(18-11-17-14)19(2)10-13-7-5-4-6-12(13)9-16/h4-8,11H,3,9-10,16H2,1-2H3. The summed E-state index contributed by atoms with van der Waals surface area (Å²) in [7, 11) is 2.04. The van der Waals surface area contributed by atoms with Crippen LogP contribution in [0, 0.1) is 0 Å². The molecule has 0 aliphatic carbocycles. The quantitative estimate of drug-likeness (QED) is 0.890. The average molecular weight is 256 g/mol. The van der Waals surface area contributed by atoms with Gasteiger partial charge in [0.2, 0.25) is 0 Å². The lowest BCUT2D eigenvalue weighted by atomic mass is 10.1. The summed E-state index contributed by atoms with van der Waals surface area (Å²) in [4.78, 5) is 10.7. The Kier molecular flexibility index (Phi) is 4.47. The van der Waals surface area contributed by atoms with E-state index in [-0.39, 0.29) is 0 Å². The molecule has 0 fully saturated rings. The number of anilines is 1. The maximum absolute atomic E-state index is 5.77. The van der Waals surface area contributed by atoms with Crippen molar-refractivity contribution in [3.8, 4) is 0 Å². The molecule has 0 atom stereocenters. The van der Waals surface area contributed by atoms with Crippen LogP contribution in [0.1, 0.15) is 23.7 Å². The summed E-state index contributed by atoms with van der Waals surface area (Å²) in [6.45, 7) is 3.46. The molecule has 0 amide bonds.